The van der Waals surface area contributed by atoms with Gasteiger partial charge in [-0.2, -0.15) is 4.31 Å². The van der Waals surface area contributed by atoms with Gasteiger partial charge in [-0.3, -0.25) is 0 Å². The summed E-state index contributed by atoms with van der Waals surface area (Å²) < 4.78 is 38.5. The van der Waals surface area contributed by atoms with Crippen LogP contribution in [0.2, 0.25) is 0 Å². The fourth-order valence-corrected chi connectivity index (χ4v) is 3.24. The minimum atomic E-state index is -3.62. The average molecular weight is 280 g/mol. The summed E-state index contributed by atoms with van der Waals surface area (Å²) in [4.78, 5) is 0.110. The van der Waals surface area contributed by atoms with Crippen LogP contribution in [-0.2, 0) is 10.0 Å². The molecule has 0 radical (unpaired) electrons. The van der Waals surface area contributed by atoms with Crippen molar-refractivity contribution in [2.75, 3.05) is 12.9 Å². The van der Waals surface area contributed by atoms with Crippen LogP contribution in [0.25, 0.3) is 0 Å². The highest BCUT2D eigenvalue weighted by atomic mass is 35.5. The lowest BCUT2D eigenvalue weighted by Gasteiger charge is -2.23. The molecule has 0 aliphatic rings. The highest BCUT2D eigenvalue weighted by Crippen LogP contribution is 2.21. The maximum Gasteiger partial charge on any atom is 0.243 e. The van der Waals surface area contributed by atoms with E-state index < -0.39 is 15.8 Å². The van der Waals surface area contributed by atoms with E-state index in [9.17, 15) is 12.8 Å². The lowest BCUT2D eigenvalue weighted by molar-refractivity contribution is 0.413. The second kappa shape index (κ2) is 5.33. The van der Waals surface area contributed by atoms with Crippen molar-refractivity contribution < 1.29 is 12.8 Å². The number of alkyl halides is 1. The number of hydrogen-bond acceptors (Lipinski definition) is 2. The molecule has 0 aliphatic carbocycles. The topological polar surface area (TPSA) is 37.4 Å². The Morgan fingerprint density at radius 1 is 1.47 bits per heavy atom. The fraction of sp³-hybridized carbons (Fsp3) is 0.455. The van der Waals surface area contributed by atoms with E-state index in [2.05, 4.69) is 0 Å². The van der Waals surface area contributed by atoms with Crippen LogP contribution in [0.4, 0.5) is 4.39 Å². The van der Waals surface area contributed by atoms with Gasteiger partial charge in [0.1, 0.15) is 5.82 Å². The summed E-state index contributed by atoms with van der Waals surface area (Å²) in [7, 11) is -2.15. The summed E-state index contributed by atoms with van der Waals surface area (Å²) in [6.45, 7) is 3.28. The minimum absolute atomic E-state index is 0.110. The molecule has 1 rings (SSSR count). The first-order chi connectivity index (χ1) is 7.80. The third-order valence-electron chi connectivity index (χ3n) is 2.64. The number of aryl methyl sites for hydroxylation is 1. The van der Waals surface area contributed by atoms with Crippen molar-refractivity contribution in [2.45, 2.75) is 24.8 Å². The Balaban J connectivity index is 3.22. The van der Waals surface area contributed by atoms with Gasteiger partial charge < -0.3 is 0 Å². The second-order valence-electron chi connectivity index (χ2n) is 3.93. The number of nitrogens with zero attached hydrogens (tertiary/aromatic N) is 1. The predicted molar refractivity (Wildman–Crippen MR) is 66.3 cm³/mol. The number of halogens is 2. The van der Waals surface area contributed by atoms with Crippen LogP contribution < -0.4 is 0 Å². The van der Waals surface area contributed by atoms with Crippen molar-refractivity contribution in [2.24, 2.45) is 0 Å². The first-order valence-corrected chi connectivity index (χ1v) is 7.08. The molecule has 0 spiro atoms. The van der Waals surface area contributed by atoms with E-state index in [1.165, 1.54) is 23.5 Å². The number of hydrogen-bond donors (Lipinski definition) is 0. The Morgan fingerprint density at radius 3 is 2.53 bits per heavy atom. The van der Waals surface area contributed by atoms with Crippen LogP contribution in [0, 0.1) is 12.7 Å². The maximum atomic E-state index is 12.9. The van der Waals surface area contributed by atoms with E-state index in [-0.39, 0.29) is 16.8 Å². The van der Waals surface area contributed by atoms with E-state index in [1.54, 1.807) is 13.8 Å². The van der Waals surface area contributed by atoms with Crippen molar-refractivity contribution in [3.05, 3.63) is 29.6 Å². The van der Waals surface area contributed by atoms with Crippen LogP contribution >= 0.6 is 11.6 Å². The molecule has 0 bridgehead atoms. The SMILES string of the molecule is Cc1cc(F)ccc1S(=O)(=O)N(C)C(C)CCl. The van der Waals surface area contributed by atoms with Crippen LogP contribution in [-0.4, -0.2) is 31.7 Å². The fourth-order valence-electron chi connectivity index (χ4n) is 1.39. The van der Waals surface area contributed by atoms with Gasteiger partial charge in [-0.15, -0.1) is 11.6 Å². The Bertz CT molecular complexity index is 504. The molecule has 0 heterocycles. The van der Waals surface area contributed by atoms with E-state index in [1.807, 2.05) is 0 Å². The number of sulfonamides is 1. The first kappa shape index (κ1) is 14.4. The molecule has 0 fully saturated rings. The van der Waals surface area contributed by atoms with Crippen LogP contribution in [0.5, 0.6) is 0 Å². The Labute approximate surface area is 106 Å². The predicted octanol–water partition coefficient (Wildman–Crippen LogP) is 2.38. The van der Waals surface area contributed by atoms with Gasteiger partial charge in [0, 0.05) is 19.0 Å². The van der Waals surface area contributed by atoms with Gasteiger partial charge in [0.2, 0.25) is 10.0 Å². The normalized spacial score (nSPS) is 14.0. The van der Waals surface area contributed by atoms with Gasteiger partial charge in [-0.25, -0.2) is 12.8 Å². The molecule has 0 aliphatic heterocycles. The molecule has 0 aromatic heterocycles. The van der Waals surface area contributed by atoms with E-state index >= 15 is 0 Å². The molecule has 17 heavy (non-hydrogen) atoms. The largest absolute Gasteiger partial charge is 0.243 e. The smallest absolute Gasteiger partial charge is 0.207 e. The van der Waals surface area contributed by atoms with Gasteiger partial charge >= 0.3 is 0 Å². The molecular weight excluding hydrogens is 265 g/mol. The summed E-state index contributed by atoms with van der Waals surface area (Å²) >= 11 is 5.64. The molecule has 3 nitrogen and oxygen atoms in total. The Hall–Kier alpha value is -0.650. The first-order valence-electron chi connectivity index (χ1n) is 5.11. The Kier molecular flexibility index (Phi) is 4.52. The molecule has 6 heteroatoms. The molecule has 0 saturated heterocycles. The van der Waals surface area contributed by atoms with Crippen molar-refractivity contribution in [3.8, 4) is 0 Å². The highest BCUT2D eigenvalue weighted by Gasteiger charge is 2.26. The zero-order valence-electron chi connectivity index (χ0n) is 9.94. The summed E-state index contributed by atoms with van der Waals surface area (Å²) in [6, 6.07) is 3.30. The molecule has 0 saturated carbocycles. The Morgan fingerprint density at radius 2 is 2.06 bits per heavy atom. The summed E-state index contributed by atoms with van der Waals surface area (Å²) in [5, 5.41) is 0. The minimum Gasteiger partial charge on any atom is -0.207 e. The molecule has 0 N–H and O–H groups in total. The molecular formula is C11H15ClFNO2S. The zero-order chi connectivity index (χ0) is 13.2. The van der Waals surface area contributed by atoms with Gasteiger partial charge in [0.25, 0.3) is 0 Å². The lowest BCUT2D eigenvalue weighted by Crippen LogP contribution is -2.36. The monoisotopic (exact) mass is 279 g/mol. The standard InChI is InChI=1S/C11H15ClFNO2S/c1-8-6-10(13)4-5-11(8)17(15,16)14(3)9(2)7-12/h4-6,9H,7H2,1-3H3. The molecule has 96 valence electrons. The summed E-state index contributed by atoms with van der Waals surface area (Å²) in [5.74, 6) is -0.245. The molecule has 1 aromatic carbocycles. The van der Waals surface area contributed by atoms with Crippen molar-refractivity contribution in [3.63, 3.8) is 0 Å². The van der Waals surface area contributed by atoms with Crippen molar-refractivity contribution >= 4 is 21.6 Å². The van der Waals surface area contributed by atoms with Crippen molar-refractivity contribution in [1.82, 2.24) is 4.31 Å². The summed E-state index contributed by atoms with van der Waals surface area (Å²) in [5.41, 5.74) is 0.388. The van der Waals surface area contributed by atoms with Gasteiger partial charge in [-0.1, -0.05) is 0 Å². The van der Waals surface area contributed by atoms with Gasteiger partial charge in [0.15, 0.2) is 0 Å². The third kappa shape index (κ3) is 2.97. The van der Waals surface area contributed by atoms with Crippen molar-refractivity contribution in [1.29, 1.82) is 0 Å². The quantitative estimate of drug-likeness (QED) is 0.794. The summed E-state index contributed by atoms with van der Waals surface area (Å²) in [6.07, 6.45) is 0. The number of rotatable bonds is 4. The van der Waals surface area contributed by atoms with E-state index in [4.69, 9.17) is 11.6 Å². The lowest BCUT2D eigenvalue weighted by atomic mass is 10.2. The third-order valence-corrected chi connectivity index (χ3v) is 5.22. The van der Waals surface area contributed by atoms with E-state index in [0.29, 0.717) is 5.56 Å². The van der Waals surface area contributed by atoms with Crippen LogP contribution in [0.15, 0.2) is 23.1 Å². The maximum absolute atomic E-state index is 12.9. The zero-order valence-corrected chi connectivity index (χ0v) is 11.5. The molecule has 1 aromatic rings. The highest BCUT2D eigenvalue weighted by molar-refractivity contribution is 7.89. The second-order valence-corrected chi connectivity index (χ2v) is 6.21. The van der Waals surface area contributed by atoms with Crippen LogP contribution in [0.3, 0.4) is 0 Å². The van der Waals surface area contributed by atoms with E-state index in [0.717, 1.165) is 6.07 Å². The number of benzene rings is 1. The van der Waals surface area contributed by atoms with Gasteiger partial charge in [0.05, 0.1) is 4.90 Å². The molecule has 1 atom stereocenters. The molecule has 1 unspecified atom stereocenters. The van der Waals surface area contributed by atoms with Gasteiger partial charge in [-0.05, 0) is 37.6 Å². The van der Waals surface area contributed by atoms with Crippen LogP contribution in [0.1, 0.15) is 12.5 Å². The molecule has 0 amide bonds. The average Bonchev–Trinajstić information content (AvgIpc) is 2.26.